The van der Waals surface area contributed by atoms with Crippen molar-refractivity contribution in [2.75, 3.05) is 45.8 Å². The van der Waals surface area contributed by atoms with Gasteiger partial charge in [0.15, 0.2) is 0 Å². The lowest BCUT2D eigenvalue weighted by molar-refractivity contribution is -0.140. The molecule has 1 aliphatic rings. The van der Waals surface area contributed by atoms with E-state index >= 15 is 0 Å². The quantitative estimate of drug-likeness (QED) is 0.657. The number of amides is 2. The Kier molecular flexibility index (Phi) is 5.85. The minimum absolute atomic E-state index is 0.0304. The Morgan fingerprint density at radius 1 is 1.28 bits per heavy atom. The summed E-state index contributed by atoms with van der Waals surface area (Å²) in [5.74, 6) is -0.0572. The molecule has 1 fully saturated rings. The molecule has 0 spiro atoms. The molecule has 0 aromatic carbocycles. The third-order valence-electron chi connectivity index (χ3n) is 3.29. The van der Waals surface area contributed by atoms with E-state index in [1.54, 1.807) is 6.08 Å². The zero-order chi connectivity index (χ0) is 13.5. The monoisotopic (exact) mass is 253 g/mol. The normalized spacial score (nSPS) is 16.4. The molecule has 0 bridgehead atoms. The second kappa shape index (κ2) is 7.16. The van der Waals surface area contributed by atoms with E-state index in [2.05, 4.69) is 18.4 Å². The van der Waals surface area contributed by atoms with Gasteiger partial charge in [0.2, 0.25) is 11.8 Å². The molecule has 1 heterocycles. The maximum absolute atomic E-state index is 12.1. The lowest BCUT2D eigenvalue weighted by Gasteiger charge is -2.35. The van der Waals surface area contributed by atoms with Gasteiger partial charge in [-0.05, 0) is 6.54 Å². The average Bonchev–Trinajstić information content (AvgIpc) is 2.38. The predicted molar refractivity (Wildman–Crippen MR) is 71.1 cm³/mol. The van der Waals surface area contributed by atoms with E-state index in [9.17, 15) is 9.59 Å². The van der Waals surface area contributed by atoms with Crippen LogP contribution in [0.2, 0.25) is 0 Å². The van der Waals surface area contributed by atoms with Crippen molar-refractivity contribution in [3.05, 3.63) is 12.7 Å². The topological polar surface area (TPSA) is 43.9 Å². The van der Waals surface area contributed by atoms with Crippen LogP contribution in [0, 0.1) is 0 Å². The number of likely N-dealkylation sites (N-methyl/N-ethyl adjacent to an activating group) is 1. The van der Waals surface area contributed by atoms with Gasteiger partial charge in [-0.15, -0.1) is 6.58 Å². The Balaban J connectivity index is 2.45. The fourth-order valence-corrected chi connectivity index (χ4v) is 2.04. The van der Waals surface area contributed by atoms with Crippen molar-refractivity contribution in [2.45, 2.75) is 13.8 Å². The molecule has 0 N–H and O–H groups in total. The minimum Gasteiger partial charge on any atom is -0.339 e. The fourth-order valence-electron chi connectivity index (χ4n) is 2.04. The van der Waals surface area contributed by atoms with Crippen LogP contribution in [0.3, 0.4) is 0 Å². The molecule has 1 rings (SSSR count). The smallest absolute Gasteiger partial charge is 0.242 e. The predicted octanol–water partition coefficient (Wildman–Crippen LogP) is 0.185. The number of rotatable bonds is 5. The first-order valence-electron chi connectivity index (χ1n) is 6.45. The van der Waals surface area contributed by atoms with E-state index in [1.807, 2.05) is 4.90 Å². The van der Waals surface area contributed by atoms with Gasteiger partial charge in [-0.2, -0.15) is 0 Å². The fraction of sp³-hybridized carbons (Fsp3) is 0.692. The van der Waals surface area contributed by atoms with E-state index in [4.69, 9.17) is 0 Å². The molecule has 5 nitrogen and oxygen atoms in total. The van der Waals surface area contributed by atoms with Gasteiger partial charge >= 0.3 is 0 Å². The third-order valence-corrected chi connectivity index (χ3v) is 3.29. The number of carbonyl (C=O) groups excluding carboxylic acids is 2. The lowest BCUT2D eigenvalue weighted by Crippen LogP contribution is -2.51. The maximum Gasteiger partial charge on any atom is 0.242 e. The average molecular weight is 253 g/mol. The Hall–Kier alpha value is -1.36. The minimum atomic E-state index is -0.0876. The molecule has 102 valence electrons. The zero-order valence-corrected chi connectivity index (χ0v) is 11.4. The van der Waals surface area contributed by atoms with Gasteiger partial charge in [0.25, 0.3) is 0 Å². The summed E-state index contributed by atoms with van der Waals surface area (Å²) in [7, 11) is 0. The van der Waals surface area contributed by atoms with E-state index in [0.717, 1.165) is 32.7 Å². The number of piperazine rings is 1. The molecular weight excluding hydrogens is 230 g/mol. The molecule has 0 aromatic heterocycles. The highest BCUT2D eigenvalue weighted by molar-refractivity contribution is 5.84. The van der Waals surface area contributed by atoms with Crippen molar-refractivity contribution in [3.8, 4) is 0 Å². The molecule has 0 atom stereocenters. The highest BCUT2D eigenvalue weighted by Crippen LogP contribution is 2.03. The van der Waals surface area contributed by atoms with Crippen LogP contribution in [0.15, 0.2) is 12.7 Å². The van der Waals surface area contributed by atoms with Crippen LogP contribution in [0.4, 0.5) is 0 Å². The molecule has 2 amide bonds. The van der Waals surface area contributed by atoms with Crippen molar-refractivity contribution >= 4 is 11.8 Å². The van der Waals surface area contributed by atoms with Gasteiger partial charge in [0.1, 0.15) is 6.54 Å². The van der Waals surface area contributed by atoms with Gasteiger partial charge in [-0.25, -0.2) is 0 Å². The van der Waals surface area contributed by atoms with Crippen LogP contribution in [-0.2, 0) is 9.59 Å². The van der Waals surface area contributed by atoms with Gasteiger partial charge in [0, 0.05) is 39.6 Å². The number of carbonyl (C=O) groups is 2. The van der Waals surface area contributed by atoms with Gasteiger partial charge in [-0.1, -0.05) is 13.0 Å². The number of hydrogen-bond donors (Lipinski definition) is 0. The van der Waals surface area contributed by atoms with E-state index in [0.29, 0.717) is 6.54 Å². The second-order valence-corrected chi connectivity index (χ2v) is 4.50. The summed E-state index contributed by atoms with van der Waals surface area (Å²) in [5, 5.41) is 0. The first kappa shape index (κ1) is 14.7. The summed E-state index contributed by atoms with van der Waals surface area (Å²) >= 11 is 0. The molecule has 0 radical (unpaired) electrons. The van der Waals surface area contributed by atoms with Crippen LogP contribution in [0.25, 0.3) is 0 Å². The molecule has 0 unspecified atom stereocenters. The molecule has 0 saturated carbocycles. The number of hydrogen-bond acceptors (Lipinski definition) is 3. The molecule has 0 aliphatic carbocycles. The molecule has 5 heteroatoms. The molecule has 0 aromatic rings. The second-order valence-electron chi connectivity index (χ2n) is 4.50. The van der Waals surface area contributed by atoms with Crippen molar-refractivity contribution in [1.82, 2.24) is 14.7 Å². The lowest BCUT2D eigenvalue weighted by atomic mass is 10.3. The van der Waals surface area contributed by atoms with Crippen molar-refractivity contribution < 1.29 is 9.59 Å². The molecule has 18 heavy (non-hydrogen) atoms. The highest BCUT2D eigenvalue weighted by Gasteiger charge is 2.22. The SMILES string of the molecule is C=CCN(CC(=O)N1CCN(CC)CC1)C(C)=O. The largest absolute Gasteiger partial charge is 0.339 e. The van der Waals surface area contributed by atoms with E-state index in [1.165, 1.54) is 11.8 Å². The molecule has 1 saturated heterocycles. The van der Waals surface area contributed by atoms with Gasteiger partial charge in [-0.3, -0.25) is 9.59 Å². The van der Waals surface area contributed by atoms with Gasteiger partial charge < -0.3 is 14.7 Å². The van der Waals surface area contributed by atoms with Crippen LogP contribution < -0.4 is 0 Å². The third kappa shape index (κ3) is 4.14. The summed E-state index contributed by atoms with van der Waals surface area (Å²) in [6.45, 7) is 12.2. The van der Waals surface area contributed by atoms with Crippen molar-refractivity contribution in [1.29, 1.82) is 0 Å². The Morgan fingerprint density at radius 2 is 1.89 bits per heavy atom. The standard InChI is InChI=1S/C13H23N3O2/c1-4-6-16(12(3)17)11-13(18)15-9-7-14(5-2)8-10-15/h4H,1,5-11H2,2-3H3. The van der Waals surface area contributed by atoms with Crippen LogP contribution >= 0.6 is 0 Å². The van der Waals surface area contributed by atoms with E-state index in [-0.39, 0.29) is 18.4 Å². The van der Waals surface area contributed by atoms with Crippen LogP contribution in [0.1, 0.15) is 13.8 Å². The maximum atomic E-state index is 12.1. The highest BCUT2D eigenvalue weighted by atomic mass is 16.2. The number of nitrogens with zero attached hydrogens (tertiary/aromatic N) is 3. The molecule has 1 aliphatic heterocycles. The van der Waals surface area contributed by atoms with Crippen molar-refractivity contribution in [3.63, 3.8) is 0 Å². The summed E-state index contributed by atoms with van der Waals surface area (Å²) < 4.78 is 0. The van der Waals surface area contributed by atoms with Crippen LogP contribution in [0.5, 0.6) is 0 Å². The summed E-state index contributed by atoms with van der Waals surface area (Å²) in [6.07, 6.45) is 1.64. The Labute approximate surface area is 109 Å². The first-order chi connectivity index (χ1) is 8.58. The summed E-state index contributed by atoms with van der Waals surface area (Å²) in [4.78, 5) is 29.1. The Morgan fingerprint density at radius 3 is 2.33 bits per heavy atom. The Bertz CT molecular complexity index is 309. The van der Waals surface area contributed by atoms with Crippen LogP contribution in [-0.4, -0.2) is 72.3 Å². The van der Waals surface area contributed by atoms with E-state index < -0.39 is 0 Å². The molecular formula is C13H23N3O2. The van der Waals surface area contributed by atoms with Gasteiger partial charge in [0.05, 0.1) is 0 Å². The first-order valence-corrected chi connectivity index (χ1v) is 6.45. The summed E-state index contributed by atoms with van der Waals surface area (Å²) in [5.41, 5.74) is 0. The zero-order valence-electron chi connectivity index (χ0n) is 11.4. The summed E-state index contributed by atoms with van der Waals surface area (Å²) in [6, 6.07) is 0. The van der Waals surface area contributed by atoms with Crippen molar-refractivity contribution in [2.24, 2.45) is 0 Å².